The number of nitriles is 1. The molecule has 0 amide bonds. The van der Waals surface area contributed by atoms with Crippen molar-refractivity contribution in [3.8, 4) is 17.3 Å². The van der Waals surface area contributed by atoms with Crippen LogP contribution in [0.15, 0.2) is 65.5 Å². The Balaban J connectivity index is 1.73. The van der Waals surface area contributed by atoms with Gasteiger partial charge in [-0.15, -0.1) is 0 Å². The van der Waals surface area contributed by atoms with Gasteiger partial charge in [0.2, 0.25) is 5.95 Å². The number of rotatable bonds is 8. The van der Waals surface area contributed by atoms with E-state index in [0.29, 0.717) is 27.8 Å². The van der Waals surface area contributed by atoms with E-state index in [-0.39, 0.29) is 17.7 Å². The molecule has 0 saturated carbocycles. The van der Waals surface area contributed by atoms with Crippen molar-refractivity contribution < 1.29 is 4.39 Å². The molecule has 166 valence electrons. The normalized spacial score (nSPS) is 10.8. The summed E-state index contributed by atoms with van der Waals surface area (Å²) in [6.07, 6.45) is 3.21. The molecule has 2 aromatic heterocycles. The van der Waals surface area contributed by atoms with E-state index < -0.39 is 5.95 Å². The SMILES string of the molecule is CCCCCNc1ccc(-c2nn(Cc3ccc(C#N)cc3)c(=O)c3ccccc23)c(F)n1. The van der Waals surface area contributed by atoms with Gasteiger partial charge < -0.3 is 5.32 Å². The van der Waals surface area contributed by atoms with Crippen LogP contribution in [0.4, 0.5) is 10.2 Å². The highest BCUT2D eigenvalue weighted by atomic mass is 19.1. The van der Waals surface area contributed by atoms with Crippen molar-refractivity contribution in [2.75, 3.05) is 11.9 Å². The zero-order chi connectivity index (χ0) is 23.2. The fourth-order valence-electron chi connectivity index (χ4n) is 3.70. The van der Waals surface area contributed by atoms with Gasteiger partial charge in [-0.2, -0.15) is 14.8 Å². The van der Waals surface area contributed by atoms with Gasteiger partial charge in [-0.1, -0.05) is 50.1 Å². The summed E-state index contributed by atoms with van der Waals surface area (Å²) < 4.78 is 16.4. The van der Waals surface area contributed by atoms with Gasteiger partial charge in [0.05, 0.1) is 29.1 Å². The maximum atomic E-state index is 15.1. The zero-order valence-electron chi connectivity index (χ0n) is 18.4. The molecule has 0 spiro atoms. The molecule has 0 aliphatic rings. The van der Waals surface area contributed by atoms with Crippen LogP contribution in [0, 0.1) is 17.3 Å². The molecular formula is C26H24FN5O. The lowest BCUT2D eigenvalue weighted by atomic mass is 10.1. The van der Waals surface area contributed by atoms with Crippen LogP contribution < -0.4 is 10.9 Å². The minimum atomic E-state index is -0.642. The Kier molecular flexibility index (Phi) is 6.75. The lowest BCUT2D eigenvalue weighted by molar-refractivity contribution is 0.585. The van der Waals surface area contributed by atoms with Crippen LogP contribution >= 0.6 is 0 Å². The Hall–Kier alpha value is -4.05. The highest BCUT2D eigenvalue weighted by molar-refractivity contribution is 5.93. The third-order valence-corrected chi connectivity index (χ3v) is 5.47. The second kappa shape index (κ2) is 10.0. The lowest BCUT2D eigenvalue weighted by Crippen LogP contribution is -2.24. The first-order chi connectivity index (χ1) is 16.1. The van der Waals surface area contributed by atoms with E-state index in [4.69, 9.17) is 5.26 Å². The molecule has 0 saturated heterocycles. The van der Waals surface area contributed by atoms with Gasteiger partial charge in [0, 0.05) is 11.9 Å². The number of pyridine rings is 1. The Morgan fingerprint density at radius 3 is 2.48 bits per heavy atom. The number of benzene rings is 2. The second-order valence-corrected chi connectivity index (χ2v) is 7.83. The maximum absolute atomic E-state index is 15.1. The third kappa shape index (κ3) is 4.90. The highest BCUT2D eigenvalue weighted by Crippen LogP contribution is 2.27. The molecule has 0 aliphatic carbocycles. The standard InChI is InChI=1S/C26H24FN5O/c1-2-3-6-15-29-23-14-13-22(25(27)30-23)24-20-7-4-5-8-21(20)26(33)32(31-24)17-19-11-9-18(16-28)10-12-19/h4-5,7-14H,2-3,6,15,17H2,1H3,(H,29,30). The Labute approximate surface area is 191 Å². The average molecular weight is 442 g/mol. The van der Waals surface area contributed by atoms with E-state index in [2.05, 4.69) is 28.4 Å². The number of unbranched alkanes of at least 4 members (excludes halogenated alkanes) is 2. The third-order valence-electron chi connectivity index (χ3n) is 5.47. The predicted molar refractivity (Wildman–Crippen MR) is 127 cm³/mol. The summed E-state index contributed by atoms with van der Waals surface area (Å²) in [7, 11) is 0. The second-order valence-electron chi connectivity index (χ2n) is 7.83. The van der Waals surface area contributed by atoms with Crippen molar-refractivity contribution in [3.63, 3.8) is 0 Å². The molecule has 6 nitrogen and oxygen atoms in total. The minimum absolute atomic E-state index is 0.203. The summed E-state index contributed by atoms with van der Waals surface area (Å²) in [5.74, 6) is -0.167. The van der Waals surface area contributed by atoms with Gasteiger partial charge in [-0.05, 0) is 42.3 Å². The van der Waals surface area contributed by atoms with E-state index in [0.717, 1.165) is 31.4 Å². The van der Waals surface area contributed by atoms with E-state index in [1.54, 1.807) is 60.7 Å². The molecule has 2 aromatic carbocycles. The van der Waals surface area contributed by atoms with Crippen molar-refractivity contribution >= 4 is 16.6 Å². The van der Waals surface area contributed by atoms with Crippen LogP contribution in [0.25, 0.3) is 22.0 Å². The van der Waals surface area contributed by atoms with Gasteiger partial charge in [0.15, 0.2) is 0 Å². The summed E-state index contributed by atoms with van der Waals surface area (Å²) in [4.78, 5) is 17.2. The van der Waals surface area contributed by atoms with Crippen molar-refractivity contribution in [1.29, 1.82) is 5.26 Å². The van der Waals surface area contributed by atoms with Crippen molar-refractivity contribution in [2.45, 2.75) is 32.7 Å². The van der Waals surface area contributed by atoms with Crippen LogP contribution in [0.3, 0.4) is 0 Å². The number of aromatic nitrogens is 3. The summed E-state index contributed by atoms with van der Waals surface area (Å²) in [5.41, 5.74) is 1.69. The molecule has 0 unspecified atom stereocenters. The van der Waals surface area contributed by atoms with Crippen molar-refractivity contribution in [1.82, 2.24) is 14.8 Å². The predicted octanol–water partition coefficient (Wildman–Crippen LogP) is 5.12. The highest BCUT2D eigenvalue weighted by Gasteiger charge is 2.16. The van der Waals surface area contributed by atoms with Crippen LogP contribution in [-0.4, -0.2) is 21.3 Å². The number of fused-ring (bicyclic) bond motifs is 1. The van der Waals surface area contributed by atoms with Crippen molar-refractivity contribution in [2.24, 2.45) is 0 Å². The van der Waals surface area contributed by atoms with Crippen LogP contribution in [-0.2, 0) is 6.54 Å². The molecule has 4 aromatic rings. The quantitative estimate of drug-likeness (QED) is 0.303. The molecule has 2 heterocycles. The number of halogens is 1. The van der Waals surface area contributed by atoms with E-state index in [9.17, 15) is 4.79 Å². The molecule has 33 heavy (non-hydrogen) atoms. The smallest absolute Gasteiger partial charge is 0.274 e. The molecule has 7 heteroatoms. The molecule has 0 aliphatic heterocycles. The van der Waals surface area contributed by atoms with Gasteiger partial charge >= 0.3 is 0 Å². The molecule has 0 bridgehead atoms. The Bertz CT molecular complexity index is 1370. The lowest BCUT2D eigenvalue weighted by Gasteiger charge is -2.13. The number of hydrogen-bond donors (Lipinski definition) is 1. The fraction of sp³-hybridized carbons (Fsp3) is 0.231. The number of nitrogens with one attached hydrogen (secondary N) is 1. The number of nitrogens with zero attached hydrogens (tertiary/aromatic N) is 4. The van der Waals surface area contributed by atoms with Gasteiger partial charge in [-0.3, -0.25) is 4.79 Å². The van der Waals surface area contributed by atoms with Gasteiger partial charge in [0.25, 0.3) is 5.56 Å². The number of anilines is 1. The Morgan fingerprint density at radius 1 is 1.03 bits per heavy atom. The van der Waals surface area contributed by atoms with Gasteiger partial charge in [0.1, 0.15) is 11.5 Å². The number of hydrogen-bond acceptors (Lipinski definition) is 5. The summed E-state index contributed by atoms with van der Waals surface area (Å²) in [5, 5.41) is 17.7. The molecular weight excluding hydrogens is 417 g/mol. The molecule has 0 radical (unpaired) electrons. The largest absolute Gasteiger partial charge is 0.370 e. The monoisotopic (exact) mass is 441 g/mol. The van der Waals surface area contributed by atoms with Crippen LogP contribution in [0.1, 0.15) is 37.3 Å². The van der Waals surface area contributed by atoms with Crippen LogP contribution in [0.2, 0.25) is 0 Å². The van der Waals surface area contributed by atoms with Crippen molar-refractivity contribution in [3.05, 3.63) is 88.1 Å². The average Bonchev–Trinajstić information content (AvgIpc) is 2.84. The molecule has 4 rings (SSSR count). The zero-order valence-corrected chi connectivity index (χ0v) is 18.4. The summed E-state index contributed by atoms with van der Waals surface area (Å²) in [6, 6.07) is 19.5. The minimum Gasteiger partial charge on any atom is -0.370 e. The van der Waals surface area contributed by atoms with Crippen LogP contribution in [0.5, 0.6) is 0 Å². The first-order valence-corrected chi connectivity index (χ1v) is 11.0. The molecule has 1 N–H and O–H groups in total. The van der Waals surface area contributed by atoms with E-state index >= 15 is 4.39 Å². The van der Waals surface area contributed by atoms with E-state index in [1.165, 1.54) is 4.68 Å². The van der Waals surface area contributed by atoms with Gasteiger partial charge in [-0.25, -0.2) is 9.67 Å². The maximum Gasteiger partial charge on any atom is 0.274 e. The first kappa shape index (κ1) is 22.2. The Morgan fingerprint density at radius 2 is 1.79 bits per heavy atom. The molecule has 0 fully saturated rings. The molecule has 0 atom stereocenters. The summed E-state index contributed by atoms with van der Waals surface area (Å²) >= 11 is 0. The topological polar surface area (TPSA) is 83.6 Å². The fourth-order valence-corrected chi connectivity index (χ4v) is 3.70. The van der Waals surface area contributed by atoms with E-state index in [1.807, 2.05) is 0 Å². The summed E-state index contributed by atoms with van der Waals surface area (Å²) in [6.45, 7) is 3.07. The first-order valence-electron chi connectivity index (χ1n) is 11.0.